The van der Waals surface area contributed by atoms with Gasteiger partial charge in [-0.05, 0) is 56.3 Å². The van der Waals surface area contributed by atoms with Gasteiger partial charge >= 0.3 is 0 Å². The van der Waals surface area contributed by atoms with Gasteiger partial charge < -0.3 is 9.64 Å². The van der Waals surface area contributed by atoms with E-state index in [0.717, 1.165) is 42.7 Å². The second kappa shape index (κ2) is 7.80. The Labute approximate surface area is 179 Å². The van der Waals surface area contributed by atoms with Gasteiger partial charge in [0.2, 0.25) is 0 Å². The highest BCUT2D eigenvalue weighted by Crippen LogP contribution is 2.51. The second-order valence-electron chi connectivity index (χ2n) is 6.96. The lowest BCUT2D eigenvalue weighted by Crippen LogP contribution is -2.29. The second-order valence-corrected chi connectivity index (χ2v) is 8.97. The van der Waals surface area contributed by atoms with E-state index in [1.54, 1.807) is 23.8 Å². The van der Waals surface area contributed by atoms with Crippen LogP contribution in [-0.2, 0) is 4.79 Å². The van der Waals surface area contributed by atoms with E-state index in [1.165, 1.54) is 17.3 Å². The maximum atomic E-state index is 13.2. The van der Waals surface area contributed by atoms with E-state index >= 15 is 0 Å². The number of amidine groups is 1. The zero-order valence-electron chi connectivity index (χ0n) is 17.1. The molecule has 4 rings (SSSR count). The van der Waals surface area contributed by atoms with Crippen molar-refractivity contribution < 1.29 is 9.53 Å². The van der Waals surface area contributed by atoms with Gasteiger partial charge in [0.1, 0.15) is 10.7 Å². The summed E-state index contributed by atoms with van der Waals surface area (Å²) < 4.78 is 5.36. The molecule has 2 aromatic rings. The molecule has 7 heteroatoms. The van der Waals surface area contributed by atoms with Crippen LogP contribution in [0.2, 0.25) is 0 Å². The molecule has 2 heterocycles. The van der Waals surface area contributed by atoms with E-state index in [2.05, 4.69) is 17.9 Å². The molecule has 0 saturated carbocycles. The average molecular weight is 426 g/mol. The Morgan fingerprint density at radius 1 is 1.10 bits per heavy atom. The molecule has 0 N–H and O–H groups in total. The first-order valence-electron chi connectivity index (χ1n) is 9.42. The maximum absolute atomic E-state index is 13.2. The summed E-state index contributed by atoms with van der Waals surface area (Å²) in [6.45, 7) is 6.68. The molecule has 150 valence electrons. The van der Waals surface area contributed by atoms with Crippen molar-refractivity contribution in [1.82, 2.24) is 4.90 Å². The highest BCUT2D eigenvalue weighted by molar-refractivity contribution is 8.19. The molecule has 2 aliphatic heterocycles. The van der Waals surface area contributed by atoms with E-state index in [4.69, 9.17) is 9.73 Å². The number of carbonyl (C=O) groups excluding carboxylic acids is 1. The maximum Gasteiger partial charge on any atom is 0.269 e. The molecule has 29 heavy (non-hydrogen) atoms. The molecular formula is C22H23N3O2S2. The molecule has 1 fully saturated rings. The Hall–Kier alpha value is -2.38. The lowest BCUT2D eigenvalue weighted by atomic mass is 10.1. The van der Waals surface area contributed by atoms with E-state index in [9.17, 15) is 4.79 Å². The Morgan fingerprint density at radius 3 is 2.59 bits per heavy atom. The van der Waals surface area contributed by atoms with Crippen molar-refractivity contribution in [2.45, 2.75) is 25.7 Å². The van der Waals surface area contributed by atoms with Crippen LogP contribution in [0.25, 0.3) is 0 Å². The Bertz CT molecular complexity index is 1060. The highest BCUT2D eigenvalue weighted by atomic mass is 32.2. The Morgan fingerprint density at radius 2 is 1.90 bits per heavy atom. The van der Waals surface area contributed by atoms with Crippen LogP contribution in [0.3, 0.4) is 0 Å². The fourth-order valence-corrected chi connectivity index (χ4v) is 5.76. The van der Waals surface area contributed by atoms with Crippen molar-refractivity contribution in [2.75, 3.05) is 25.6 Å². The van der Waals surface area contributed by atoms with Crippen LogP contribution in [0, 0.1) is 13.8 Å². The van der Waals surface area contributed by atoms with Crippen molar-refractivity contribution in [3.8, 4) is 5.75 Å². The predicted octanol–water partition coefficient (Wildman–Crippen LogP) is 5.31. The van der Waals surface area contributed by atoms with E-state index in [1.807, 2.05) is 51.2 Å². The number of hydrogen-bond donors (Lipinski definition) is 0. The number of aliphatic imine (C=N–C) groups is 1. The minimum atomic E-state index is 0.00939. The number of rotatable bonds is 3. The number of nitrogens with zero attached hydrogens (tertiary/aromatic N) is 3. The van der Waals surface area contributed by atoms with Crippen LogP contribution < -0.4 is 9.64 Å². The van der Waals surface area contributed by atoms with Crippen LogP contribution in [0.1, 0.15) is 18.1 Å². The van der Waals surface area contributed by atoms with E-state index in [0.29, 0.717) is 6.54 Å². The number of aryl methyl sites for hydroxylation is 2. The summed E-state index contributed by atoms with van der Waals surface area (Å²) in [5.74, 6) is 0.815. The SMILES string of the molecule is CCN1C(=O)C(=C2Sc3ccc(OC)cc3N2C)SC1=Nc1ccc(C)cc1C. The predicted molar refractivity (Wildman–Crippen MR) is 122 cm³/mol. The smallest absolute Gasteiger partial charge is 0.269 e. The van der Waals surface area contributed by atoms with Crippen molar-refractivity contribution in [3.63, 3.8) is 0 Å². The molecule has 2 aromatic carbocycles. The van der Waals surface area contributed by atoms with Gasteiger partial charge in [-0.3, -0.25) is 9.69 Å². The first kappa shape index (κ1) is 19.9. The van der Waals surface area contributed by atoms with Gasteiger partial charge in [-0.25, -0.2) is 4.99 Å². The first-order valence-corrected chi connectivity index (χ1v) is 11.1. The molecule has 0 bridgehead atoms. The summed E-state index contributed by atoms with van der Waals surface area (Å²) in [6, 6.07) is 12.2. The first-order chi connectivity index (χ1) is 13.9. The molecule has 0 aliphatic carbocycles. The quantitative estimate of drug-likeness (QED) is 0.624. The van der Waals surface area contributed by atoms with Crippen molar-refractivity contribution in [2.24, 2.45) is 4.99 Å². The largest absolute Gasteiger partial charge is 0.497 e. The molecule has 2 aliphatic rings. The monoisotopic (exact) mass is 425 g/mol. The standard InChI is InChI=1S/C22H23N3O2S2/c1-6-25-20(26)19(29-22(25)23-16-9-7-13(2)11-14(16)3)21-24(4)17-12-15(27-5)8-10-18(17)28-21/h7-12H,6H2,1-5H3. The van der Waals surface area contributed by atoms with Crippen LogP contribution in [0.15, 0.2) is 56.2 Å². The molecule has 5 nitrogen and oxygen atoms in total. The summed E-state index contributed by atoms with van der Waals surface area (Å²) in [5, 5.41) is 1.67. The number of hydrogen-bond acceptors (Lipinski definition) is 6. The number of amides is 1. The van der Waals surface area contributed by atoms with Gasteiger partial charge in [0.25, 0.3) is 5.91 Å². The molecule has 1 saturated heterocycles. The number of methoxy groups -OCH3 is 1. The molecule has 0 unspecified atom stereocenters. The average Bonchev–Trinajstić information content (AvgIpc) is 3.20. The van der Waals surface area contributed by atoms with Gasteiger partial charge in [0.05, 0.1) is 23.5 Å². The number of fused-ring (bicyclic) bond motifs is 1. The summed E-state index contributed by atoms with van der Waals surface area (Å²) in [5.41, 5.74) is 4.26. The molecule has 0 radical (unpaired) electrons. The lowest BCUT2D eigenvalue weighted by molar-refractivity contribution is -0.122. The van der Waals surface area contributed by atoms with Gasteiger partial charge in [-0.1, -0.05) is 29.5 Å². The Balaban J connectivity index is 1.73. The fraction of sp³-hybridized carbons (Fsp3) is 0.273. The zero-order chi connectivity index (χ0) is 20.7. The third-order valence-corrected chi connectivity index (χ3v) is 7.41. The van der Waals surface area contributed by atoms with Gasteiger partial charge in [-0.2, -0.15) is 0 Å². The van der Waals surface area contributed by atoms with Crippen molar-refractivity contribution in [3.05, 3.63) is 57.5 Å². The van der Waals surface area contributed by atoms with Crippen LogP contribution in [0.4, 0.5) is 11.4 Å². The van der Waals surface area contributed by atoms with Gasteiger partial charge in [0.15, 0.2) is 5.17 Å². The minimum absolute atomic E-state index is 0.00939. The molecular weight excluding hydrogens is 402 g/mol. The summed E-state index contributed by atoms with van der Waals surface area (Å²) in [4.78, 5) is 23.7. The fourth-order valence-electron chi connectivity index (χ4n) is 3.38. The zero-order valence-corrected chi connectivity index (χ0v) is 18.8. The van der Waals surface area contributed by atoms with Gasteiger partial charge in [0, 0.05) is 24.6 Å². The van der Waals surface area contributed by atoms with Crippen LogP contribution in [-0.4, -0.2) is 36.7 Å². The topological polar surface area (TPSA) is 45.1 Å². The molecule has 0 spiro atoms. The van der Waals surface area contributed by atoms with Crippen LogP contribution >= 0.6 is 23.5 Å². The van der Waals surface area contributed by atoms with E-state index in [-0.39, 0.29) is 5.91 Å². The van der Waals surface area contributed by atoms with E-state index < -0.39 is 0 Å². The summed E-state index contributed by atoms with van der Waals surface area (Å²) in [6.07, 6.45) is 0. The number of anilines is 1. The normalized spacial score (nSPS) is 20.0. The summed E-state index contributed by atoms with van der Waals surface area (Å²) >= 11 is 3.07. The lowest BCUT2D eigenvalue weighted by Gasteiger charge is -2.15. The number of carbonyl (C=O) groups is 1. The molecule has 0 aromatic heterocycles. The summed E-state index contributed by atoms with van der Waals surface area (Å²) in [7, 11) is 3.65. The van der Waals surface area contributed by atoms with Crippen molar-refractivity contribution >= 4 is 46.0 Å². The third-order valence-electron chi connectivity index (χ3n) is 4.98. The molecule has 0 atom stereocenters. The number of thioether (sulfide) groups is 2. The third kappa shape index (κ3) is 3.53. The molecule has 1 amide bonds. The number of ether oxygens (including phenoxy) is 1. The Kier molecular flexibility index (Phi) is 5.36. The minimum Gasteiger partial charge on any atom is -0.497 e. The van der Waals surface area contributed by atoms with Gasteiger partial charge in [-0.15, -0.1) is 0 Å². The number of benzene rings is 2. The number of likely N-dealkylation sites (N-methyl/N-ethyl adjacent to an activating group) is 1. The van der Waals surface area contributed by atoms with Crippen molar-refractivity contribution in [1.29, 1.82) is 0 Å². The van der Waals surface area contributed by atoms with Crippen LogP contribution in [0.5, 0.6) is 5.75 Å². The highest BCUT2D eigenvalue weighted by Gasteiger charge is 2.38.